The Morgan fingerprint density at radius 1 is 1.17 bits per heavy atom. The van der Waals surface area contributed by atoms with Gasteiger partial charge in [-0.15, -0.1) is 22.7 Å². The summed E-state index contributed by atoms with van der Waals surface area (Å²) in [5.74, 6) is 0.484. The maximum Gasteiger partial charge on any atom is 0.226 e. The number of rotatable bonds is 2. The molecule has 2 aromatic heterocycles. The van der Waals surface area contributed by atoms with Crippen LogP contribution in [-0.4, -0.2) is 23.1 Å². The van der Waals surface area contributed by atoms with Crippen molar-refractivity contribution in [2.24, 2.45) is 5.92 Å². The van der Waals surface area contributed by atoms with Gasteiger partial charge < -0.3 is 4.90 Å². The zero-order valence-corrected chi connectivity index (χ0v) is 15.6. The first-order valence-electron chi connectivity index (χ1n) is 8.27. The molecule has 0 radical (unpaired) electrons. The minimum absolute atomic E-state index is 0.0119. The van der Waals surface area contributed by atoms with Crippen molar-refractivity contribution < 1.29 is 9.59 Å². The summed E-state index contributed by atoms with van der Waals surface area (Å²) in [6.45, 7) is 0.743. The van der Waals surface area contributed by atoms with Crippen molar-refractivity contribution in [2.45, 2.75) is 38.1 Å². The van der Waals surface area contributed by atoms with Crippen molar-refractivity contribution in [3.05, 3.63) is 43.2 Å². The molecular formula is C18H18ClNO2S2. The minimum Gasteiger partial charge on any atom is -0.329 e. The molecule has 0 aromatic carbocycles. The van der Waals surface area contributed by atoms with Crippen LogP contribution in [0.2, 0.25) is 4.34 Å². The molecule has 1 fully saturated rings. The van der Waals surface area contributed by atoms with E-state index in [1.807, 2.05) is 17.0 Å². The Hall–Kier alpha value is -1.17. The lowest BCUT2D eigenvalue weighted by Crippen LogP contribution is -2.43. The van der Waals surface area contributed by atoms with E-state index in [4.69, 9.17) is 11.6 Å². The zero-order valence-electron chi connectivity index (χ0n) is 13.2. The van der Waals surface area contributed by atoms with Crippen LogP contribution >= 0.6 is 34.3 Å². The quantitative estimate of drug-likeness (QED) is 0.758. The summed E-state index contributed by atoms with van der Waals surface area (Å²) in [4.78, 5) is 29.1. The summed E-state index contributed by atoms with van der Waals surface area (Å²) in [6, 6.07) is 6.10. The third-order valence-electron chi connectivity index (χ3n) is 5.00. The fraction of sp³-hybridized carbons (Fsp3) is 0.444. The van der Waals surface area contributed by atoms with Crippen LogP contribution in [0.25, 0.3) is 0 Å². The molecule has 126 valence electrons. The van der Waals surface area contributed by atoms with Crippen LogP contribution < -0.4 is 0 Å². The topological polar surface area (TPSA) is 37.4 Å². The number of carbonyl (C=O) groups is 2. The third-order valence-corrected chi connectivity index (χ3v) is 7.30. The number of nitrogens with zero attached hydrogens (tertiary/aromatic N) is 1. The summed E-state index contributed by atoms with van der Waals surface area (Å²) in [5, 5.41) is 2.11. The molecule has 0 spiro atoms. The number of hydrogen-bond acceptors (Lipinski definition) is 4. The van der Waals surface area contributed by atoms with Gasteiger partial charge >= 0.3 is 0 Å². The van der Waals surface area contributed by atoms with E-state index in [0.29, 0.717) is 31.5 Å². The van der Waals surface area contributed by atoms with Gasteiger partial charge in [0.25, 0.3) is 0 Å². The van der Waals surface area contributed by atoms with E-state index in [0.717, 1.165) is 22.2 Å². The maximum absolute atomic E-state index is 13.2. The van der Waals surface area contributed by atoms with Gasteiger partial charge in [-0.2, -0.15) is 0 Å². The highest BCUT2D eigenvalue weighted by Gasteiger charge is 2.37. The summed E-state index contributed by atoms with van der Waals surface area (Å²) in [7, 11) is 0. The molecule has 1 aliphatic carbocycles. The van der Waals surface area contributed by atoms with Crippen molar-refractivity contribution in [2.75, 3.05) is 6.54 Å². The number of thiophene rings is 2. The molecule has 3 heterocycles. The lowest BCUT2D eigenvalue weighted by atomic mass is 9.86. The number of ketones is 1. The van der Waals surface area contributed by atoms with Crippen molar-refractivity contribution in [3.63, 3.8) is 0 Å². The Morgan fingerprint density at radius 2 is 1.96 bits per heavy atom. The highest BCUT2D eigenvalue weighted by molar-refractivity contribution is 7.16. The Morgan fingerprint density at radius 3 is 2.67 bits per heavy atom. The summed E-state index contributed by atoms with van der Waals surface area (Å²) < 4.78 is 0.754. The van der Waals surface area contributed by atoms with E-state index in [1.54, 1.807) is 22.7 Å². The van der Waals surface area contributed by atoms with Gasteiger partial charge in [-0.05, 0) is 48.4 Å². The van der Waals surface area contributed by atoms with Crippen molar-refractivity contribution in [1.82, 2.24) is 4.90 Å². The van der Waals surface area contributed by atoms with Crippen molar-refractivity contribution in [3.8, 4) is 0 Å². The van der Waals surface area contributed by atoms with Crippen molar-refractivity contribution >= 4 is 46.0 Å². The molecule has 1 saturated carbocycles. The second kappa shape index (κ2) is 6.62. The van der Waals surface area contributed by atoms with E-state index in [2.05, 4.69) is 11.4 Å². The molecule has 1 amide bonds. The molecule has 0 N–H and O–H groups in total. The zero-order chi connectivity index (χ0) is 16.7. The van der Waals surface area contributed by atoms with Crippen LogP contribution in [0.3, 0.4) is 0 Å². The predicted molar refractivity (Wildman–Crippen MR) is 97.9 cm³/mol. The molecule has 1 aliphatic heterocycles. The van der Waals surface area contributed by atoms with Gasteiger partial charge in [-0.25, -0.2) is 0 Å². The minimum atomic E-state index is -0.0172. The molecule has 24 heavy (non-hydrogen) atoms. The second-order valence-electron chi connectivity index (χ2n) is 6.45. The smallest absolute Gasteiger partial charge is 0.226 e. The van der Waals surface area contributed by atoms with Crippen molar-refractivity contribution in [1.29, 1.82) is 0 Å². The highest BCUT2D eigenvalue weighted by Crippen LogP contribution is 2.43. The molecule has 4 rings (SSSR count). The molecule has 3 nitrogen and oxygen atoms in total. The number of carbonyl (C=O) groups excluding carboxylic acids is 2. The molecule has 1 unspecified atom stereocenters. The largest absolute Gasteiger partial charge is 0.329 e. The summed E-state index contributed by atoms with van der Waals surface area (Å²) in [6.07, 6.45) is 3.40. The molecule has 0 saturated heterocycles. The number of halogens is 1. The SMILES string of the molecule is O=C1CCC(C(=O)N2CCc3ccsc3C2c2ccc(Cl)s2)CC1. The second-order valence-corrected chi connectivity index (χ2v) is 9.14. The van der Waals surface area contributed by atoms with E-state index in [-0.39, 0.29) is 17.9 Å². The van der Waals surface area contributed by atoms with E-state index in [1.165, 1.54) is 10.4 Å². The molecule has 2 aromatic rings. The molecule has 0 bridgehead atoms. The number of Topliss-reactive ketones (excluding diaryl/α,β-unsaturated/α-hetero) is 1. The molecule has 1 atom stereocenters. The van der Waals surface area contributed by atoms with E-state index < -0.39 is 0 Å². The number of amides is 1. The standard InChI is InChI=1S/C18H18ClNO2S2/c19-15-6-5-14(24-15)16-17-11(8-10-23-17)7-9-20(16)18(22)12-1-3-13(21)4-2-12/h5-6,8,10,12,16H,1-4,7,9H2. The number of hydrogen-bond donors (Lipinski definition) is 0. The van der Waals surface area contributed by atoms with Gasteiger partial charge in [-0.1, -0.05) is 11.6 Å². The Balaban J connectivity index is 1.66. The van der Waals surface area contributed by atoms with Gasteiger partial charge in [0.15, 0.2) is 0 Å². The van der Waals surface area contributed by atoms with E-state index >= 15 is 0 Å². The van der Waals surface area contributed by atoms with Gasteiger partial charge in [0, 0.05) is 35.1 Å². The molecular weight excluding hydrogens is 362 g/mol. The van der Waals surface area contributed by atoms with Gasteiger partial charge in [0.2, 0.25) is 5.91 Å². The lowest BCUT2D eigenvalue weighted by Gasteiger charge is -2.38. The fourth-order valence-corrected chi connectivity index (χ4v) is 6.06. The number of fused-ring (bicyclic) bond motifs is 1. The average molecular weight is 380 g/mol. The predicted octanol–water partition coefficient (Wildman–Crippen LogP) is 4.70. The fourth-order valence-electron chi connectivity index (χ4n) is 3.72. The van der Waals surface area contributed by atoms with Gasteiger partial charge in [-0.3, -0.25) is 9.59 Å². The first-order valence-corrected chi connectivity index (χ1v) is 10.3. The highest BCUT2D eigenvalue weighted by atomic mass is 35.5. The summed E-state index contributed by atoms with van der Waals surface area (Å²) in [5.41, 5.74) is 1.34. The monoisotopic (exact) mass is 379 g/mol. The normalized spacial score (nSPS) is 21.8. The lowest BCUT2D eigenvalue weighted by molar-refractivity contribution is -0.139. The van der Waals surface area contributed by atoms with Crippen LogP contribution in [0.4, 0.5) is 0 Å². The van der Waals surface area contributed by atoms with Crippen LogP contribution in [-0.2, 0) is 16.0 Å². The van der Waals surface area contributed by atoms with Gasteiger partial charge in [0.1, 0.15) is 11.8 Å². The van der Waals surface area contributed by atoms with E-state index in [9.17, 15) is 9.59 Å². The summed E-state index contributed by atoms with van der Waals surface area (Å²) >= 11 is 9.43. The average Bonchev–Trinajstić information content (AvgIpc) is 3.22. The molecule has 2 aliphatic rings. The van der Waals surface area contributed by atoms with Crippen LogP contribution in [0.1, 0.15) is 47.0 Å². The van der Waals surface area contributed by atoms with Crippen LogP contribution in [0.15, 0.2) is 23.6 Å². The van der Waals surface area contributed by atoms with Crippen LogP contribution in [0, 0.1) is 5.92 Å². The Bertz CT molecular complexity index is 772. The first-order chi connectivity index (χ1) is 11.6. The van der Waals surface area contributed by atoms with Crippen LogP contribution in [0.5, 0.6) is 0 Å². The first kappa shape index (κ1) is 16.3. The third kappa shape index (κ3) is 2.93. The Labute approximate surface area is 154 Å². The maximum atomic E-state index is 13.2. The Kier molecular flexibility index (Phi) is 4.50. The van der Waals surface area contributed by atoms with Gasteiger partial charge in [0.05, 0.1) is 4.34 Å². The molecule has 6 heteroatoms.